The van der Waals surface area contributed by atoms with E-state index < -0.39 is 0 Å². The first kappa shape index (κ1) is 7.86. The number of carbonyl (C=O) groups is 1. The Hall–Kier alpha value is -1.77. The molecule has 0 unspecified atom stereocenters. The molecule has 0 saturated carbocycles. The Morgan fingerprint density at radius 2 is 2.23 bits per heavy atom. The minimum Gasteiger partial charge on any atom is -0.465 e. The zero-order valence-corrected chi connectivity index (χ0v) is 7.11. The highest BCUT2D eigenvalue weighted by atomic mass is 16.5. The van der Waals surface area contributed by atoms with E-state index in [4.69, 9.17) is 4.42 Å². The lowest BCUT2D eigenvalue weighted by molar-refractivity contribution is 0.0601. The normalized spacial score (nSPS) is 10.2. The van der Waals surface area contributed by atoms with Crippen molar-refractivity contribution in [2.75, 3.05) is 7.11 Å². The lowest BCUT2D eigenvalue weighted by atomic mass is 10.1. The summed E-state index contributed by atoms with van der Waals surface area (Å²) in [5, 5.41) is 0. The van der Waals surface area contributed by atoms with Crippen LogP contribution >= 0.6 is 0 Å². The van der Waals surface area contributed by atoms with Crippen molar-refractivity contribution in [3.8, 4) is 11.3 Å². The van der Waals surface area contributed by atoms with Crippen LogP contribution in [0.2, 0.25) is 0 Å². The predicted molar refractivity (Wildman–Crippen MR) is 46.7 cm³/mol. The monoisotopic (exact) mass is 176 g/mol. The molecule has 0 spiro atoms. The van der Waals surface area contributed by atoms with Gasteiger partial charge < -0.3 is 9.15 Å². The molecule has 2 aliphatic rings. The van der Waals surface area contributed by atoms with Gasteiger partial charge in [-0.2, -0.15) is 0 Å². The Morgan fingerprint density at radius 1 is 1.38 bits per heavy atom. The summed E-state index contributed by atoms with van der Waals surface area (Å²) in [4.78, 5) is 11.3. The standard InChI is InChI=1S/C10H8O3/c1-12-10(11)8-5-6-13-9-4-2-3-7(8)9/h2-6H,1H3. The minimum atomic E-state index is -0.341. The lowest BCUT2D eigenvalue weighted by Crippen LogP contribution is -2.02. The van der Waals surface area contributed by atoms with Crippen LogP contribution in [0.15, 0.2) is 34.9 Å². The van der Waals surface area contributed by atoms with E-state index in [-0.39, 0.29) is 5.97 Å². The van der Waals surface area contributed by atoms with E-state index in [1.54, 1.807) is 6.07 Å². The Kier molecular flexibility index (Phi) is 1.77. The number of methoxy groups -OCH3 is 1. The average Bonchev–Trinajstić information content (AvgIpc) is 2.63. The van der Waals surface area contributed by atoms with Gasteiger partial charge in [-0.25, -0.2) is 4.79 Å². The van der Waals surface area contributed by atoms with Crippen molar-refractivity contribution in [3.05, 3.63) is 36.1 Å². The lowest BCUT2D eigenvalue weighted by Gasteiger charge is -2.03. The summed E-state index contributed by atoms with van der Waals surface area (Å²) in [6.45, 7) is 0. The van der Waals surface area contributed by atoms with E-state index >= 15 is 0 Å². The van der Waals surface area contributed by atoms with Gasteiger partial charge in [-0.3, -0.25) is 0 Å². The number of fused-ring (bicyclic) bond motifs is 1. The van der Waals surface area contributed by atoms with Crippen molar-refractivity contribution in [1.82, 2.24) is 0 Å². The van der Waals surface area contributed by atoms with Gasteiger partial charge >= 0.3 is 5.97 Å². The summed E-state index contributed by atoms with van der Waals surface area (Å²) >= 11 is 0. The summed E-state index contributed by atoms with van der Waals surface area (Å²) < 4.78 is 9.81. The molecule has 0 saturated heterocycles. The molecule has 0 atom stereocenters. The molecule has 1 aliphatic carbocycles. The first-order valence-corrected chi connectivity index (χ1v) is 3.87. The van der Waals surface area contributed by atoms with E-state index in [1.165, 1.54) is 13.4 Å². The molecule has 13 heavy (non-hydrogen) atoms. The third-order valence-corrected chi connectivity index (χ3v) is 1.90. The molecule has 0 aromatic rings. The van der Waals surface area contributed by atoms with Crippen LogP contribution in [-0.4, -0.2) is 13.1 Å². The number of hydrogen-bond donors (Lipinski definition) is 0. The van der Waals surface area contributed by atoms with Gasteiger partial charge in [-0.15, -0.1) is 0 Å². The summed E-state index contributed by atoms with van der Waals surface area (Å²) in [6, 6.07) is 7.07. The number of carbonyl (C=O) groups excluding carboxylic acids is 1. The van der Waals surface area contributed by atoms with Crippen LogP contribution in [-0.2, 0) is 4.74 Å². The highest BCUT2D eigenvalue weighted by molar-refractivity contribution is 5.96. The van der Waals surface area contributed by atoms with Crippen LogP contribution in [0.1, 0.15) is 10.4 Å². The fraction of sp³-hybridized carbons (Fsp3) is 0.100. The third-order valence-electron chi connectivity index (χ3n) is 1.90. The Bertz CT molecular complexity index is 403. The molecule has 0 aromatic heterocycles. The molecule has 0 aromatic carbocycles. The van der Waals surface area contributed by atoms with Gasteiger partial charge in [-0.05, 0) is 12.1 Å². The zero-order chi connectivity index (χ0) is 9.26. The van der Waals surface area contributed by atoms with E-state index in [0.29, 0.717) is 11.3 Å². The van der Waals surface area contributed by atoms with E-state index in [2.05, 4.69) is 4.74 Å². The summed E-state index contributed by atoms with van der Waals surface area (Å²) in [7, 11) is 1.36. The molecule has 0 amide bonds. The smallest absolute Gasteiger partial charge is 0.338 e. The van der Waals surface area contributed by atoms with Crippen molar-refractivity contribution in [3.63, 3.8) is 0 Å². The van der Waals surface area contributed by atoms with Crippen LogP contribution in [0.25, 0.3) is 11.3 Å². The van der Waals surface area contributed by atoms with Gasteiger partial charge in [0.15, 0.2) is 0 Å². The molecule has 1 aliphatic heterocycles. The highest BCUT2D eigenvalue weighted by Gasteiger charge is 2.15. The van der Waals surface area contributed by atoms with Crippen molar-refractivity contribution >= 4 is 5.97 Å². The van der Waals surface area contributed by atoms with Crippen LogP contribution in [0, 0.1) is 0 Å². The second-order valence-corrected chi connectivity index (χ2v) is 2.63. The topological polar surface area (TPSA) is 39.4 Å². The Balaban J connectivity index is 2.58. The average molecular weight is 176 g/mol. The molecule has 66 valence electrons. The molecule has 0 N–H and O–H groups in total. The van der Waals surface area contributed by atoms with Crippen molar-refractivity contribution in [2.45, 2.75) is 0 Å². The first-order valence-electron chi connectivity index (χ1n) is 3.87. The summed E-state index contributed by atoms with van der Waals surface area (Å²) in [6.07, 6.45) is 1.48. The molecule has 3 nitrogen and oxygen atoms in total. The summed E-state index contributed by atoms with van der Waals surface area (Å²) in [5.74, 6) is 0.356. The molecule has 0 radical (unpaired) electrons. The van der Waals surface area contributed by atoms with E-state index in [9.17, 15) is 4.79 Å². The Morgan fingerprint density at radius 3 is 3.00 bits per heavy atom. The van der Waals surface area contributed by atoms with Crippen molar-refractivity contribution in [2.24, 2.45) is 0 Å². The SMILES string of the molecule is COC(=O)c1ccoc2cccc1-2. The zero-order valence-electron chi connectivity index (χ0n) is 7.11. The van der Waals surface area contributed by atoms with Crippen LogP contribution in [0.3, 0.4) is 0 Å². The van der Waals surface area contributed by atoms with Crippen LogP contribution in [0.4, 0.5) is 0 Å². The van der Waals surface area contributed by atoms with Crippen molar-refractivity contribution in [1.29, 1.82) is 0 Å². The van der Waals surface area contributed by atoms with Gasteiger partial charge in [-0.1, -0.05) is 12.1 Å². The second kappa shape index (κ2) is 2.94. The van der Waals surface area contributed by atoms with Gasteiger partial charge in [0.1, 0.15) is 5.76 Å². The summed E-state index contributed by atoms with van der Waals surface area (Å²) in [5.41, 5.74) is 1.32. The van der Waals surface area contributed by atoms with Crippen molar-refractivity contribution < 1.29 is 13.9 Å². The first-order chi connectivity index (χ1) is 6.33. The number of rotatable bonds is 1. The van der Waals surface area contributed by atoms with Gasteiger partial charge in [0.05, 0.1) is 18.9 Å². The van der Waals surface area contributed by atoms with Crippen LogP contribution < -0.4 is 0 Å². The molecule has 3 heteroatoms. The predicted octanol–water partition coefficient (Wildman–Crippen LogP) is 2.17. The third kappa shape index (κ3) is 1.18. The molecule has 0 bridgehead atoms. The number of hydrogen-bond acceptors (Lipinski definition) is 3. The molecule has 0 fully saturated rings. The minimum absolute atomic E-state index is 0.341. The van der Waals surface area contributed by atoms with Crippen LogP contribution in [0.5, 0.6) is 0 Å². The van der Waals surface area contributed by atoms with Gasteiger partial charge in [0, 0.05) is 5.56 Å². The van der Waals surface area contributed by atoms with Gasteiger partial charge in [0.2, 0.25) is 0 Å². The molecule has 1 heterocycles. The maximum Gasteiger partial charge on any atom is 0.338 e. The largest absolute Gasteiger partial charge is 0.465 e. The maximum atomic E-state index is 11.3. The van der Waals surface area contributed by atoms with Gasteiger partial charge in [0.25, 0.3) is 0 Å². The number of esters is 1. The van der Waals surface area contributed by atoms with E-state index in [1.807, 2.05) is 18.2 Å². The maximum absolute atomic E-state index is 11.3. The number of ether oxygens (including phenoxy) is 1. The fourth-order valence-electron chi connectivity index (χ4n) is 1.28. The fourth-order valence-corrected chi connectivity index (χ4v) is 1.28. The quantitative estimate of drug-likeness (QED) is 0.625. The van der Waals surface area contributed by atoms with E-state index in [0.717, 1.165) is 5.56 Å². The second-order valence-electron chi connectivity index (χ2n) is 2.63. The molecular weight excluding hydrogens is 168 g/mol. The molecule has 2 rings (SSSR count). The molecular formula is C10H8O3. The highest BCUT2D eigenvalue weighted by Crippen LogP contribution is 2.26. The Labute approximate surface area is 75.3 Å².